The van der Waals surface area contributed by atoms with Crippen LogP contribution in [0.5, 0.6) is 5.75 Å². The highest BCUT2D eigenvalue weighted by Gasteiger charge is 2.01. The molecule has 0 unspecified atom stereocenters. The van der Waals surface area contributed by atoms with Crippen LogP contribution in [0.1, 0.15) is 29.2 Å². The maximum Gasteiger partial charge on any atom is 0.142 e. The molecule has 25 heavy (non-hydrogen) atoms. The normalized spacial score (nSPS) is 11.4. The largest absolute Gasteiger partial charge is 0.489 e. The Labute approximate surface area is 147 Å². The maximum atomic E-state index is 5.70. The minimum atomic E-state index is 0.462. The molecule has 0 saturated carbocycles. The van der Waals surface area contributed by atoms with Gasteiger partial charge in [0.1, 0.15) is 19.0 Å². The molecule has 0 N–H and O–H groups in total. The first-order chi connectivity index (χ1) is 12.2. The summed E-state index contributed by atoms with van der Waals surface area (Å²) in [6.45, 7) is 4.94. The molecule has 0 aliphatic carbocycles. The molecule has 0 amide bonds. The summed E-state index contributed by atoms with van der Waals surface area (Å²) in [6.07, 6.45) is 3.31. The second-order valence-corrected chi connectivity index (χ2v) is 5.88. The Kier molecular flexibility index (Phi) is 5.52. The number of benzene rings is 2. The third-order valence-electron chi connectivity index (χ3n) is 3.81. The molecule has 1 aromatic heterocycles. The smallest absolute Gasteiger partial charge is 0.142 e. The quantitative estimate of drug-likeness (QED) is 0.445. The fraction of sp³-hybridized carbons (Fsp3) is 0.190. The van der Waals surface area contributed by atoms with E-state index in [0.717, 1.165) is 28.2 Å². The van der Waals surface area contributed by atoms with Gasteiger partial charge >= 0.3 is 0 Å². The van der Waals surface area contributed by atoms with Crippen molar-refractivity contribution in [1.29, 1.82) is 0 Å². The van der Waals surface area contributed by atoms with Gasteiger partial charge in [0.2, 0.25) is 0 Å². The van der Waals surface area contributed by atoms with Crippen LogP contribution in [-0.4, -0.2) is 5.71 Å². The molecule has 0 aliphatic rings. The predicted octanol–water partition coefficient (Wildman–Crippen LogP) is 5.11. The Hall–Kier alpha value is -3.01. The zero-order chi connectivity index (χ0) is 17.5. The van der Waals surface area contributed by atoms with Crippen LogP contribution < -0.4 is 4.74 Å². The van der Waals surface area contributed by atoms with Gasteiger partial charge in [-0.2, -0.15) is 0 Å². The molecule has 0 atom stereocenters. The van der Waals surface area contributed by atoms with Crippen molar-refractivity contribution in [3.05, 3.63) is 89.4 Å². The molecule has 4 heteroatoms. The van der Waals surface area contributed by atoms with E-state index in [2.05, 4.69) is 24.2 Å². The highest BCUT2D eigenvalue weighted by Crippen LogP contribution is 2.15. The van der Waals surface area contributed by atoms with Gasteiger partial charge in [0, 0.05) is 5.56 Å². The van der Waals surface area contributed by atoms with Gasteiger partial charge < -0.3 is 14.0 Å². The topological polar surface area (TPSA) is 44.0 Å². The Morgan fingerprint density at radius 2 is 1.68 bits per heavy atom. The van der Waals surface area contributed by atoms with Crippen LogP contribution in [0.2, 0.25) is 0 Å². The fourth-order valence-corrected chi connectivity index (χ4v) is 2.27. The van der Waals surface area contributed by atoms with E-state index in [1.807, 2.05) is 49.4 Å². The number of oxime groups is 1. The van der Waals surface area contributed by atoms with Crippen molar-refractivity contribution in [3.8, 4) is 5.75 Å². The van der Waals surface area contributed by atoms with E-state index in [0.29, 0.717) is 13.2 Å². The third-order valence-corrected chi connectivity index (χ3v) is 3.81. The lowest BCUT2D eigenvalue weighted by Crippen LogP contribution is -1.98. The van der Waals surface area contributed by atoms with Gasteiger partial charge in [0.15, 0.2) is 0 Å². The highest BCUT2D eigenvalue weighted by molar-refractivity contribution is 5.98. The van der Waals surface area contributed by atoms with Gasteiger partial charge in [-0.3, -0.25) is 0 Å². The van der Waals surface area contributed by atoms with Gasteiger partial charge in [-0.25, -0.2) is 0 Å². The third kappa shape index (κ3) is 4.98. The van der Waals surface area contributed by atoms with E-state index in [1.54, 1.807) is 12.5 Å². The summed E-state index contributed by atoms with van der Waals surface area (Å²) in [5.74, 6) is 0.804. The van der Waals surface area contributed by atoms with Crippen LogP contribution >= 0.6 is 0 Å². The SMILES string of the molecule is C/C(=N\OCc1ccc(C)cc1)c1ccc(OCc2ccoc2)cc1. The van der Waals surface area contributed by atoms with Crippen molar-refractivity contribution in [2.75, 3.05) is 0 Å². The maximum absolute atomic E-state index is 5.70. The first-order valence-electron chi connectivity index (χ1n) is 8.17. The van der Waals surface area contributed by atoms with Crippen molar-refractivity contribution in [1.82, 2.24) is 0 Å². The number of rotatable bonds is 7. The van der Waals surface area contributed by atoms with Crippen LogP contribution in [0.3, 0.4) is 0 Å². The Balaban J connectivity index is 1.52. The second-order valence-electron chi connectivity index (χ2n) is 5.88. The summed E-state index contributed by atoms with van der Waals surface area (Å²) >= 11 is 0. The van der Waals surface area contributed by atoms with Gasteiger partial charge in [-0.15, -0.1) is 0 Å². The summed E-state index contributed by atoms with van der Waals surface area (Å²) < 4.78 is 10.7. The standard InChI is InChI=1S/C21H21NO3/c1-16-3-5-18(6-4-16)15-25-22-17(2)20-7-9-21(10-8-20)24-14-19-11-12-23-13-19/h3-13H,14-15H2,1-2H3/b22-17+. The second kappa shape index (κ2) is 8.20. The van der Waals surface area contributed by atoms with Crippen LogP contribution in [0.15, 0.2) is 76.7 Å². The number of aryl methyl sites for hydroxylation is 1. The summed E-state index contributed by atoms with van der Waals surface area (Å²) in [4.78, 5) is 5.45. The number of ether oxygens (including phenoxy) is 1. The van der Waals surface area contributed by atoms with Gasteiger partial charge in [-0.05, 0) is 55.3 Å². The summed E-state index contributed by atoms with van der Waals surface area (Å²) in [7, 11) is 0. The van der Waals surface area contributed by atoms with Crippen molar-refractivity contribution in [2.24, 2.45) is 5.16 Å². The molecule has 0 fully saturated rings. The molecule has 4 nitrogen and oxygen atoms in total. The van der Waals surface area contributed by atoms with Crippen LogP contribution in [0, 0.1) is 6.92 Å². The highest BCUT2D eigenvalue weighted by atomic mass is 16.6. The molecule has 1 heterocycles. The lowest BCUT2D eigenvalue weighted by Gasteiger charge is -2.06. The number of furan rings is 1. The number of hydrogen-bond donors (Lipinski definition) is 0. The van der Waals surface area contributed by atoms with Crippen molar-refractivity contribution >= 4 is 5.71 Å². The first-order valence-corrected chi connectivity index (χ1v) is 8.17. The number of hydrogen-bond acceptors (Lipinski definition) is 4. The molecule has 0 spiro atoms. The molecule has 3 rings (SSSR count). The Morgan fingerprint density at radius 1 is 0.920 bits per heavy atom. The van der Waals surface area contributed by atoms with Gasteiger partial charge in [0.25, 0.3) is 0 Å². The molecule has 0 bridgehead atoms. The molecular formula is C21H21NO3. The molecule has 2 aromatic carbocycles. The molecule has 3 aromatic rings. The summed E-state index contributed by atoms with van der Waals surface area (Å²) in [5.41, 5.74) is 5.17. The molecule has 0 aliphatic heterocycles. The lowest BCUT2D eigenvalue weighted by molar-refractivity contribution is 0.130. The first kappa shape index (κ1) is 16.8. The molecular weight excluding hydrogens is 314 g/mol. The fourth-order valence-electron chi connectivity index (χ4n) is 2.27. The average molecular weight is 335 g/mol. The minimum absolute atomic E-state index is 0.462. The van der Waals surface area contributed by atoms with Crippen LogP contribution in [0.25, 0.3) is 0 Å². The monoisotopic (exact) mass is 335 g/mol. The van der Waals surface area contributed by atoms with Crippen molar-refractivity contribution in [3.63, 3.8) is 0 Å². The van der Waals surface area contributed by atoms with Crippen LogP contribution in [-0.2, 0) is 18.1 Å². The van der Waals surface area contributed by atoms with Gasteiger partial charge in [0.05, 0.1) is 18.2 Å². The Bertz CT molecular complexity index is 803. The van der Waals surface area contributed by atoms with E-state index >= 15 is 0 Å². The van der Waals surface area contributed by atoms with Crippen molar-refractivity contribution in [2.45, 2.75) is 27.1 Å². The van der Waals surface area contributed by atoms with E-state index < -0.39 is 0 Å². The predicted molar refractivity (Wildman–Crippen MR) is 97.7 cm³/mol. The zero-order valence-electron chi connectivity index (χ0n) is 14.4. The van der Waals surface area contributed by atoms with E-state index in [1.165, 1.54) is 5.56 Å². The van der Waals surface area contributed by atoms with Crippen LogP contribution in [0.4, 0.5) is 0 Å². The molecule has 128 valence electrons. The molecule has 0 radical (unpaired) electrons. The lowest BCUT2D eigenvalue weighted by atomic mass is 10.1. The van der Waals surface area contributed by atoms with Crippen molar-refractivity contribution < 1.29 is 14.0 Å². The van der Waals surface area contributed by atoms with E-state index in [9.17, 15) is 0 Å². The Morgan fingerprint density at radius 3 is 2.36 bits per heavy atom. The summed E-state index contributed by atoms with van der Waals surface area (Å²) in [5, 5.41) is 4.19. The minimum Gasteiger partial charge on any atom is -0.489 e. The summed E-state index contributed by atoms with van der Waals surface area (Å²) in [6, 6.07) is 17.9. The van der Waals surface area contributed by atoms with Gasteiger partial charge in [-0.1, -0.05) is 35.0 Å². The zero-order valence-corrected chi connectivity index (χ0v) is 14.4. The van der Waals surface area contributed by atoms with E-state index in [4.69, 9.17) is 14.0 Å². The molecule has 0 saturated heterocycles. The average Bonchev–Trinajstić information content (AvgIpc) is 3.15. The van der Waals surface area contributed by atoms with E-state index in [-0.39, 0.29) is 0 Å². The number of nitrogens with zero attached hydrogens (tertiary/aromatic N) is 1.